The fraction of sp³-hybridized carbons (Fsp3) is 0.432. The number of fused-ring (bicyclic) bond motifs is 4. The Labute approximate surface area is 239 Å². The molecular formula is C37H45NS. The maximum absolute atomic E-state index is 5.06. The highest BCUT2D eigenvalue weighted by molar-refractivity contribution is 7.26. The van der Waals surface area contributed by atoms with Crippen molar-refractivity contribution in [2.24, 2.45) is 23.2 Å². The Morgan fingerprint density at radius 3 is 2.03 bits per heavy atom. The zero-order valence-corrected chi connectivity index (χ0v) is 26.4. The normalized spacial score (nSPS) is 13.2. The number of hydrogen-bond acceptors (Lipinski definition) is 2. The molecule has 2 aromatic heterocycles. The van der Waals surface area contributed by atoms with E-state index in [1.165, 1.54) is 53.2 Å². The Balaban J connectivity index is 1.81. The lowest BCUT2D eigenvalue weighted by Crippen LogP contribution is -2.43. The van der Waals surface area contributed by atoms with Crippen molar-refractivity contribution in [3.05, 3.63) is 77.5 Å². The van der Waals surface area contributed by atoms with Gasteiger partial charge in [0, 0.05) is 32.6 Å². The van der Waals surface area contributed by atoms with Crippen LogP contribution in [0.5, 0.6) is 0 Å². The maximum Gasteiger partial charge on any atom is 0.0880 e. The fourth-order valence-electron chi connectivity index (χ4n) is 7.65. The van der Waals surface area contributed by atoms with E-state index < -0.39 is 0 Å². The van der Waals surface area contributed by atoms with Crippen LogP contribution in [-0.4, -0.2) is 4.98 Å². The van der Waals surface area contributed by atoms with Gasteiger partial charge in [-0.15, -0.1) is 11.3 Å². The lowest BCUT2D eigenvalue weighted by atomic mass is 9.57. The third-order valence-corrected chi connectivity index (χ3v) is 10.5. The molecule has 0 radical (unpaired) electrons. The second-order valence-electron chi connectivity index (χ2n) is 13.7. The van der Waals surface area contributed by atoms with Gasteiger partial charge >= 0.3 is 0 Å². The molecule has 0 unspecified atom stereocenters. The second kappa shape index (κ2) is 10.0. The Morgan fingerprint density at radius 2 is 1.38 bits per heavy atom. The first-order valence-electron chi connectivity index (χ1n) is 14.7. The summed E-state index contributed by atoms with van der Waals surface area (Å²) < 4.78 is 2.71. The number of hydrogen-bond donors (Lipinski definition) is 0. The number of pyridine rings is 1. The van der Waals surface area contributed by atoms with Crippen LogP contribution < -0.4 is 0 Å². The van der Waals surface area contributed by atoms with Gasteiger partial charge in [-0.2, -0.15) is 0 Å². The third-order valence-electron chi connectivity index (χ3n) is 9.11. The van der Waals surface area contributed by atoms with Gasteiger partial charge in [0.2, 0.25) is 0 Å². The summed E-state index contributed by atoms with van der Waals surface area (Å²) in [6.45, 7) is 23.7. The van der Waals surface area contributed by atoms with E-state index in [1.54, 1.807) is 0 Å². The van der Waals surface area contributed by atoms with E-state index in [0.29, 0.717) is 17.8 Å². The highest BCUT2D eigenvalue weighted by Gasteiger charge is 2.43. The summed E-state index contributed by atoms with van der Waals surface area (Å²) in [7, 11) is 0. The summed E-state index contributed by atoms with van der Waals surface area (Å²) >= 11 is 1.93. The molecule has 1 nitrogen and oxygen atoms in total. The lowest BCUT2D eigenvalue weighted by Gasteiger charge is -2.46. The summed E-state index contributed by atoms with van der Waals surface area (Å²) in [4.78, 5) is 5.06. The van der Waals surface area contributed by atoms with Crippen molar-refractivity contribution in [1.82, 2.24) is 4.98 Å². The fourth-order valence-corrected chi connectivity index (χ4v) is 8.98. The molecule has 0 saturated carbocycles. The van der Waals surface area contributed by atoms with Gasteiger partial charge < -0.3 is 0 Å². The third kappa shape index (κ3) is 4.59. The first-order chi connectivity index (χ1) is 18.4. The van der Waals surface area contributed by atoms with Gasteiger partial charge in [-0.25, -0.2) is 0 Å². The van der Waals surface area contributed by atoms with Crippen molar-refractivity contribution in [1.29, 1.82) is 0 Å². The summed E-state index contributed by atoms with van der Waals surface area (Å²) in [6.07, 6.45) is 3.10. The molecule has 204 valence electrons. The number of aryl methyl sites for hydroxylation is 1. The quantitative estimate of drug-likeness (QED) is 0.211. The van der Waals surface area contributed by atoms with Crippen molar-refractivity contribution >= 4 is 42.3 Å². The average Bonchev–Trinajstić information content (AvgIpc) is 3.24. The van der Waals surface area contributed by atoms with Gasteiger partial charge in [0.25, 0.3) is 0 Å². The Hall–Kier alpha value is -2.71. The molecular weight excluding hydrogens is 490 g/mol. The van der Waals surface area contributed by atoms with E-state index in [-0.39, 0.29) is 10.8 Å². The molecule has 0 bridgehead atoms. The molecule has 0 amide bonds. The molecule has 0 N–H and O–H groups in total. The minimum Gasteiger partial charge on any atom is -0.255 e. The van der Waals surface area contributed by atoms with Gasteiger partial charge in [-0.1, -0.05) is 98.7 Å². The van der Waals surface area contributed by atoms with Gasteiger partial charge in [0.15, 0.2) is 0 Å². The van der Waals surface area contributed by atoms with Crippen molar-refractivity contribution < 1.29 is 0 Å². The molecule has 0 spiro atoms. The SMILES string of the molecule is Cc1c(CC(C)(C)C)ccc2c1sc1c(-c3cc(C(C(C)C)(C(C)C)C(C)C)c4ccccc4c3)nccc12. The van der Waals surface area contributed by atoms with Crippen molar-refractivity contribution in [2.75, 3.05) is 0 Å². The number of benzene rings is 3. The van der Waals surface area contributed by atoms with Crippen LogP contribution in [0.25, 0.3) is 42.2 Å². The molecule has 0 saturated heterocycles. The zero-order chi connectivity index (χ0) is 28.3. The minimum atomic E-state index is 0.0577. The Kier molecular flexibility index (Phi) is 7.17. The summed E-state index contributed by atoms with van der Waals surface area (Å²) in [5.74, 6) is 1.52. The molecule has 5 rings (SSSR count). The van der Waals surface area contributed by atoms with E-state index in [4.69, 9.17) is 4.98 Å². The van der Waals surface area contributed by atoms with Gasteiger partial charge in [-0.05, 0) is 82.2 Å². The van der Waals surface area contributed by atoms with Gasteiger partial charge in [-0.3, -0.25) is 4.98 Å². The van der Waals surface area contributed by atoms with E-state index in [0.717, 1.165) is 12.1 Å². The minimum absolute atomic E-state index is 0.0577. The van der Waals surface area contributed by atoms with Crippen LogP contribution in [0, 0.1) is 30.1 Å². The molecule has 5 aromatic rings. The van der Waals surface area contributed by atoms with E-state index in [1.807, 2.05) is 17.5 Å². The zero-order valence-electron chi connectivity index (χ0n) is 25.6. The summed E-state index contributed by atoms with van der Waals surface area (Å²) in [6, 6.07) is 20.7. The summed E-state index contributed by atoms with van der Waals surface area (Å²) in [5, 5.41) is 5.36. The molecule has 0 atom stereocenters. The van der Waals surface area contributed by atoms with E-state index in [9.17, 15) is 0 Å². The first-order valence-corrected chi connectivity index (χ1v) is 15.5. The second-order valence-corrected chi connectivity index (χ2v) is 14.8. The van der Waals surface area contributed by atoms with Crippen molar-refractivity contribution in [3.63, 3.8) is 0 Å². The molecule has 0 aliphatic heterocycles. The van der Waals surface area contributed by atoms with Crippen LogP contribution in [0.15, 0.2) is 60.8 Å². The lowest BCUT2D eigenvalue weighted by molar-refractivity contribution is 0.150. The van der Waals surface area contributed by atoms with Crippen LogP contribution in [0.2, 0.25) is 0 Å². The van der Waals surface area contributed by atoms with E-state index >= 15 is 0 Å². The summed E-state index contributed by atoms with van der Waals surface area (Å²) in [5.41, 5.74) is 7.02. The highest BCUT2D eigenvalue weighted by atomic mass is 32.1. The predicted molar refractivity (Wildman–Crippen MR) is 174 cm³/mol. The van der Waals surface area contributed by atoms with E-state index in [2.05, 4.69) is 124 Å². The molecule has 2 heterocycles. The molecule has 0 aliphatic rings. The van der Waals surface area contributed by atoms with Crippen LogP contribution in [0.1, 0.15) is 79.0 Å². The van der Waals surface area contributed by atoms with Crippen LogP contribution in [0.3, 0.4) is 0 Å². The van der Waals surface area contributed by atoms with Crippen molar-refractivity contribution in [2.45, 2.75) is 81.1 Å². The topological polar surface area (TPSA) is 12.9 Å². The number of nitrogens with zero attached hydrogens (tertiary/aromatic N) is 1. The van der Waals surface area contributed by atoms with Gasteiger partial charge in [0.05, 0.1) is 10.4 Å². The van der Waals surface area contributed by atoms with Gasteiger partial charge in [0.1, 0.15) is 0 Å². The Bertz CT molecular complexity index is 1640. The molecule has 39 heavy (non-hydrogen) atoms. The predicted octanol–water partition coefficient (Wildman–Crippen LogP) is 11.4. The number of thiophene rings is 1. The number of rotatable bonds is 6. The smallest absolute Gasteiger partial charge is 0.0880 e. The highest BCUT2D eigenvalue weighted by Crippen LogP contribution is 2.50. The average molecular weight is 536 g/mol. The van der Waals surface area contributed by atoms with Crippen LogP contribution >= 0.6 is 11.3 Å². The monoisotopic (exact) mass is 535 g/mol. The maximum atomic E-state index is 5.06. The van der Waals surface area contributed by atoms with Crippen LogP contribution in [-0.2, 0) is 11.8 Å². The standard InChI is InChI=1S/C37H45NS/c1-22(2)37(23(3)4,24(5)6)32-20-28(19-26-13-11-12-14-29(26)32)33-35-31(17-18-38-33)30-16-15-27(21-36(8,9)10)25(7)34(30)39-35/h11-20,22-24H,21H2,1-10H3. The first kappa shape index (κ1) is 27.8. The van der Waals surface area contributed by atoms with Crippen molar-refractivity contribution in [3.8, 4) is 11.3 Å². The largest absolute Gasteiger partial charge is 0.255 e. The number of aromatic nitrogens is 1. The molecule has 3 aromatic carbocycles. The molecule has 0 aliphatic carbocycles. The van der Waals surface area contributed by atoms with Crippen LogP contribution in [0.4, 0.5) is 0 Å². The molecule has 2 heteroatoms. The molecule has 0 fully saturated rings. The Morgan fingerprint density at radius 1 is 0.744 bits per heavy atom.